The fourth-order valence-electron chi connectivity index (χ4n) is 4.73. The molecule has 3 rings (SSSR count). The first kappa shape index (κ1) is 25.1. The minimum atomic E-state index is -0.108. The summed E-state index contributed by atoms with van der Waals surface area (Å²) in [5, 5.41) is 6.52. The first-order valence-corrected chi connectivity index (χ1v) is 11.2. The van der Waals surface area contributed by atoms with Gasteiger partial charge in [-0.15, -0.1) is 24.0 Å². The van der Waals surface area contributed by atoms with Crippen molar-refractivity contribution < 1.29 is 9.59 Å². The molecule has 0 aromatic heterocycles. The van der Waals surface area contributed by atoms with Crippen LogP contribution in [0.5, 0.6) is 0 Å². The van der Waals surface area contributed by atoms with Crippen molar-refractivity contribution in [2.75, 3.05) is 39.8 Å². The van der Waals surface area contributed by atoms with Crippen LogP contribution < -0.4 is 10.6 Å². The van der Waals surface area contributed by atoms with E-state index in [9.17, 15) is 9.59 Å². The van der Waals surface area contributed by atoms with Gasteiger partial charge in [-0.05, 0) is 65.5 Å². The zero-order valence-corrected chi connectivity index (χ0v) is 21.1. The van der Waals surface area contributed by atoms with E-state index in [4.69, 9.17) is 0 Å². The number of likely N-dealkylation sites (tertiary alicyclic amines) is 1. The molecule has 3 aliphatic rings. The molecule has 30 heavy (non-hydrogen) atoms. The van der Waals surface area contributed by atoms with Gasteiger partial charge in [0.05, 0.1) is 11.8 Å². The second kappa shape index (κ2) is 11.5. The van der Waals surface area contributed by atoms with E-state index in [-0.39, 0.29) is 59.5 Å². The van der Waals surface area contributed by atoms with Crippen LogP contribution in [0.3, 0.4) is 0 Å². The van der Waals surface area contributed by atoms with Crippen LogP contribution in [-0.4, -0.2) is 73.4 Å². The van der Waals surface area contributed by atoms with Gasteiger partial charge in [0.25, 0.3) is 0 Å². The third-order valence-electron chi connectivity index (χ3n) is 6.60. The summed E-state index contributed by atoms with van der Waals surface area (Å²) in [6, 6.07) is 0.569. The van der Waals surface area contributed by atoms with Crippen LogP contribution in [0.2, 0.25) is 0 Å². The zero-order valence-electron chi connectivity index (χ0n) is 18.8. The number of imide groups is 1. The van der Waals surface area contributed by atoms with Crippen LogP contribution in [0, 0.1) is 23.7 Å². The summed E-state index contributed by atoms with van der Waals surface area (Å²) in [6.45, 7) is 10.0. The summed E-state index contributed by atoms with van der Waals surface area (Å²) in [5.41, 5.74) is 0. The highest BCUT2D eigenvalue weighted by molar-refractivity contribution is 14.0. The smallest absolute Gasteiger partial charge is 0.233 e. The molecule has 2 fully saturated rings. The van der Waals surface area contributed by atoms with E-state index in [2.05, 4.69) is 53.6 Å². The monoisotopic (exact) mass is 531 g/mol. The van der Waals surface area contributed by atoms with Gasteiger partial charge in [0.1, 0.15) is 0 Å². The molecule has 0 aromatic rings. The number of aliphatic imine (C=N–C) groups is 1. The number of unbranched alkanes of at least 4 members (excludes halogenated alkanes) is 1. The molecule has 4 atom stereocenters. The van der Waals surface area contributed by atoms with Gasteiger partial charge in [0.2, 0.25) is 11.8 Å². The molecule has 2 N–H and O–H groups in total. The largest absolute Gasteiger partial charge is 0.357 e. The van der Waals surface area contributed by atoms with Crippen LogP contribution in [0.4, 0.5) is 0 Å². The molecular weight excluding hydrogens is 493 g/mol. The molecule has 0 radical (unpaired) electrons. The van der Waals surface area contributed by atoms with Crippen molar-refractivity contribution in [3.8, 4) is 0 Å². The fraction of sp³-hybridized carbons (Fsp3) is 0.773. The molecule has 0 spiro atoms. The van der Waals surface area contributed by atoms with Crippen molar-refractivity contribution in [3.05, 3.63) is 12.2 Å². The van der Waals surface area contributed by atoms with Crippen molar-refractivity contribution in [1.29, 1.82) is 0 Å². The van der Waals surface area contributed by atoms with Crippen LogP contribution >= 0.6 is 24.0 Å². The lowest BCUT2D eigenvalue weighted by molar-refractivity contribution is -0.140. The number of hydrogen-bond donors (Lipinski definition) is 2. The van der Waals surface area contributed by atoms with Crippen molar-refractivity contribution in [2.24, 2.45) is 28.7 Å². The Hall–Kier alpha value is -1.16. The van der Waals surface area contributed by atoms with Gasteiger partial charge in [0.15, 0.2) is 5.96 Å². The highest BCUT2D eigenvalue weighted by Crippen LogP contribution is 2.52. The zero-order chi connectivity index (χ0) is 21.0. The Balaban J connectivity index is 0.00000320. The number of nitrogens with one attached hydrogen (secondary N) is 2. The van der Waals surface area contributed by atoms with Crippen molar-refractivity contribution >= 4 is 41.8 Å². The Kier molecular flexibility index (Phi) is 9.59. The Morgan fingerprint density at radius 1 is 1.17 bits per heavy atom. The molecule has 1 heterocycles. The molecular formula is C22H38IN5O2. The predicted molar refractivity (Wildman–Crippen MR) is 131 cm³/mol. The lowest BCUT2D eigenvalue weighted by atomic mass is 9.85. The number of halogens is 1. The lowest BCUT2D eigenvalue weighted by Gasteiger charge is -2.20. The van der Waals surface area contributed by atoms with E-state index in [1.165, 1.54) is 4.90 Å². The molecule has 1 saturated carbocycles. The molecule has 1 aliphatic heterocycles. The van der Waals surface area contributed by atoms with Gasteiger partial charge < -0.3 is 15.5 Å². The molecule has 0 aromatic carbocycles. The molecule has 170 valence electrons. The Morgan fingerprint density at radius 2 is 1.80 bits per heavy atom. The first-order chi connectivity index (χ1) is 13.9. The number of fused-ring (bicyclic) bond motifs is 5. The molecule has 2 amide bonds. The first-order valence-electron chi connectivity index (χ1n) is 11.2. The number of carbonyl (C=O) groups is 2. The molecule has 7 nitrogen and oxygen atoms in total. The third-order valence-corrected chi connectivity index (χ3v) is 6.60. The third kappa shape index (κ3) is 5.55. The average Bonchev–Trinajstić information content (AvgIpc) is 3.36. The average molecular weight is 531 g/mol. The maximum Gasteiger partial charge on any atom is 0.233 e. The number of nitrogens with zero attached hydrogens (tertiary/aromatic N) is 3. The van der Waals surface area contributed by atoms with E-state index < -0.39 is 0 Å². The van der Waals surface area contributed by atoms with Gasteiger partial charge in [-0.3, -0.25) is 19.5 Å². The summed E-state index contributed by atoms with van der Waals surface area (Å²) in [4.78, 5) is 33.9. The standard InChI is InChI=1S/C22H37N5O2.HI/c1-5-23-22(24-10-6-7-12-26(4)15(2)3)25-11-13-27-20(28)18-16-8-9-17(14-16)19(18)21(27)29;/h8-9,15-19H,5-7,10-14H2,1-4H3,(H2,23,24,25);1H. The highest BCUT2D eigenvalue weighted by atomic mass is 127. The van der Waals surface area contributed by atoms with Gasteiger partial charge in [-0.1, -0.05) is 12.2 Å². The van der Waals surface area contributed by atoms with E-state index in [0.29, 0.717) is 19.1 Å². The van der Waals surface area contributed by atoms with Crippen LogP contribution in [0.15, 0.2) is 17.1 Å². The fourth-order valence-corrected chi connectivity index (χ4v) is 4.73. The summed E-state index contributed by atoms with van der Waals surface area (Å²) in [6.07, 6.45) is 7.40. The number of carbonyl (C=O) groups excluding carboxylic acids is 2. The molecule has 4 unspecified atom stereocenters. The molecule has 1 saturated heterocycles. The second-order valence-corrected chi connectivity index (χ2v) is 8.80. The van der Waals surface area contributed by atoms with Gasteiger partial charge in [-0.25, -0.2) is 0 Å². The van der Waals surface area contributed by atoms with Crippen molar-refractivity contribution in [3.63, 3.8) is 0 Å². The maximum absolute atomic E-state index is 12.7. The highest BCUT2D eigenvalue weighted by Gasteiger charge is 2.58. The maximum atomic E-state index is 12.7. The summed E-state index contributed by atoms with van der Waals surface area (Å²) < 4.78 is 0. The quantitative estimate of drug-likeness (QED) is 0.113. The topological polar surface area (TPSA) is 77.0 Å². The Morgan fingerprint density at radius 3 is 2.37 bits per heavy atom. The van der Waals surface area contributed by atoms with E-state index >= 15 is 0 Å². The van der Waals surface area contributed by atoms with Crippen molar-refractivity contribution in [2.45, 2.75) is 46.1 Å². The van der Waals surface area contributed by atoms with E-state index in [1.807, 2.05) is 6.92 Å². The second-order valence-electron chi connectivity index (χ2n) is 8.80. The molecule has 2 bridgehead atoms. The summed E-state index contributed by atoms with van der Waals surface area (Å²) in [7, 11) is 2.15. The minimum Gasteiger partial charge on any atom is -0.357 e. The molecule has 2 aliphatic carbocycles. The molecule has 8 heteroatoms. The number of allylic oxidation sites excluding steroid dienone is 2. The van der Waals surface area contributed by atoms with Gasteiger partial charge in [-0.2, -0.15) is 0 Å². The SMILES string of the molecule is CCNC(=NCCCCN(C)C(C)C)NCCN1C(=O)C2C3C=CC(C3)C2C1=O.I. The number of hydrogen-bond acceptors (Lipinski definition) is 4. The predicted octanol–water partition coefficient (Wildman–Crippen LogP) is 2.09. The van der Waals surface area contributed by atoms with Gasteiger partial charge in [0, 0.05) is 32.2 Å². The Labute approximate surface area is 198 Å². The summed E-state index contributed by atoms with van der Waals surface area (Å²) >= 11 is 0. The van der Waals surface area contributed by atoms with Crippen LogP contribution in [0.25, 0.3) is 0 Å². The van der Waals surface area contributed by atoms with E-state index in [0.717, 1.165) is 44.9 Å². The van der Waals surface area contributed by atoms with Crippen LogP contribution in [0.1, 0.15) is 40.0 Å². The number of rotatable bonds is 10. The Bertz CT molecular complexity index is 636. The lowest BCUT2D eigenvalue weighted by Crippen LogP contribution is -2.43. The minimum absolute atomic E-state index is 0. The number of guanidine groups is 1. The van der Waals surface area contributed by atoms with Gasteiger partial charge >= 0.3 is 0 Å². The number of amides is 2. The van der Waals surface area contributed by atoms with Crippen LogP contribution in [-0.2, 0) is 9.59 Å². The summed E-state index contributed by atoms with van der Waals surface area (Å²) in [5.74, 6) is 1.13. The van der Waals surface area contributed by atoms with Crippen molar-refractivity contribution in [1.82, 2.24) is 20.4 Å². The van der Waals surface area contributed by atoms with E-state index in [1.54, 1.807) is 0 Å². The normalized spacial score (nSPS) is 27.3.